The van der Waals surface area contributed by atoms with Crippen LogP contribution in [-0.2, 0) is 11.2 Å². The number of rotatable bonds is 10. The van der Waals surface area contributed by atoms with Crippen LogP contribution in [0.2, 0.25) is 0 Å². The number of fused-ring (bicyclic) bond motifs is 1. The normalized spacial score (nSPS) is 17.1. The molecule has 2 heterocycles. The number of carbonyl (C=O) groups is 3. The molecule has 36 heavy (non-hydrogen) atoms. The molecule has 2 aromatic carbocycles. The first kappa shape index (κ1) is 25.2. The summed E-state index contributed by atoms with van der Waals surface area (Å²) in [5.74, 6) is 0.0467. The topological polar surface area (TPSA) is 70.2 Å². The first-order valence-electron chi connectivity index (χ1n) is 12.4. The number of nitrogens with zero attached hydrogens (tertiary/aromatic N) is 3. The van der Waals surface area contributed by atoms with E-state index in [9.17, 15) is 14.4 Å². The van der Waals surface area contributed by atoms with Crippen LogP contribution >= 0.6 is 0 Å². The van der Waals surface area contributed by atoms with Gasteiger partial charge in [-0.2, -0.15) is 0 Å². The molecule has 1 atom stereocenters. The largest absolute Gasteiger partial charge is 0.496 e. The summed E-state index contributed by atoms with van der Waals surface area (Å²) < 4.78 is 5.41. The fourth-order valence-corrected chi connectivity index (χ4v) is 5.15. The lowest BCUT2D eigenvalue weighted by atomic mass is 9.94. The number of para-hydroxylation sites is 1. The maximum atomic E-state index is 13.5. The van der Waals surface area contributed by atoms with E-state index in [-0.39, 0.29) is 30.2 Å². The summed E-state index contributed by atoms with van der Waals surface area (Å²) >= 11 is 0. The summed E-state index contributed by atoms with van der Waals surface area (Å²) in [5.41, 5.74) is 2.52. The average molecular weight is 488 g/mol. The molecular weight excluding hydrogens is 454 g/mol. The van der Waals surface area contributed by atoms with Gasteiger partial charge in [0.1, 0.15) is 5.75 Å². The quantitative estimate of drug-likeness (QED) is 0.375. The lowest BCUT2D eigenvalue weighted by Crippen LogP contribution is -2.45. The minimum atomic E-state index is -0.283. The molecular formula is C29H33N3O4. The predicted octanol–water partition coefficient (Wildman–Crippen LogP) is 3.95. The van der Waals surface area contributed by atoms with Gasteiger partial charge in [0.05, 0.1) is 29.8 Å². The van der Waals surface area contributed by atoms with Crippen molar-refractivity contribution < 1.29 is 19.1 Å². The van der Waals surface area contributed by atoms with Crippen molar-refractivity contribution in [2.75, 3.05) is 44.7 Å². The van der Waals surface area contributed by atoms with Crippen LogP contribution in [0.5, 0.6) is 5.75 Å². The van der Waals surface area contributed by atoms with Crippen LogP contribution in [-0.4, -0.2) is 67.4 Å². The number of hydrogen-bond donors (Lipinski definition) is 0. The number of methoxy groups -OCH3 is 1. The van der Waals surface area contributed by atoms with E-state index in [1.165, 1.54) is 4.90 Å². The van der Waals surface area contributed by atoms with E-state index < -0.39 is 0 Å². The number of carbonyl (C=O) groups excluding carboxylic acids is 3. The molecule has 3 amide bonds. The monoisotopic (exact) mass is 487 g/mol. The van der Waals surface area contributed by atoms with Gasteiger partial charge < -0.3 is 14.5 Å². The van der Waals surface area contributed by atoms with Gasteiger partial charge >= 0.3 is 0 Å². The number of benzene rings is 2. The van der Waals surface area contributed by atoms with Crippen molar-refractivity contribution in [2.24, 2.45) is 5.92 Å². The van der Waals surface area contributed by atoms with Crippen LogP contribution in [0.25, 0.3) is 0 Å². The van der Waals surface area contributed by atoms with Crippen LogP contribution in [0.1, 0.15) is 39.1 Å². The predicted molar refractivity (Wildman–Crippen MR) is 140 cm³/mol. The van der Waals surface area contributed by atoms with E-state index in [0.29, 0.717) is 37.2 Å². The van der Waals surface area contributed by atoms with Gasteiger partial charge in [0.15, 0.2) is 0 Å². The Morgan fingerprint density at radius 2 is 1.83 bits per heavy atom. The van der Waals surface area contributed by atoms with Crippen molar-refractivity contribution in [3.8, 4) is 5.75 Å². The zero-order chi connectivity index (χ0) is 25.7. The second-order valence-corrected chi connectivity index (χ2v) is 9.13. The molecule has 188 valence electrons. The molecule has 1 saturated heterocycles. The van der Waals surface area contributed by atoms with Gasteiger partial charge in [-0.15, -0.1) is 13.2 Å². The lowest BCUT2D eigenvalue weighted by Gasteiger charge is -2.36. The summed E-state index contributed by atoms with van der Waals surface area (Å²) in [4.78, 5) is 45.0. The minimum Gasteiger partial charge on any atom is -0.496 e. The van der Waals surface area contributed by atoms with Crippen molar-refractivity contribution in [2.45, 2.75) is 19.3 Å². The first-order valence-corrected chi connectivity index (χ1v) is 12.4. The Bertz CT molecular complexity index is 1160. The zero-order valence-electron chi connectivity index (χ0n) is 20.8. The second-order valence-electron chi connectivity index (χ2n) is 9.13. The fourth-order valence-electron chi connectivity index (χ4n) is 5.15. The molecule has 0 saturated carbocycles. The standard InChI is InChI=1S/C29H33N3O4/c1-4-16-30(17-5-2)27(33)22-11-9-18-31(20-22)24-13-8-12-23-26(24)29(35)32(28(23)34)19-15-21-10-6-7-14-25(21)36-3/h4-8,10,12-14,22H,1-2,9,11,15-20H2,3H3/t22-/m1/s1. The van der Waals surface area contributed by atoms with E-state index in [2.05, 4.69) is 18.1 Å². The Labute approximate surface area is 212 Å². The van der Waals surface area contributed by atoms with Crippen LogP contribution in [0, 0.1) is 5.92 Å². The number of piperidine rings is 1. The van der Waals surface area contributed by atoms with Gasteiger partial charge in [-0.25, -0.2) is 0 Å². The van der Waals surface area contributed by atoms with Gasteiger partial charge in [0, 0.05) is 32.7 Å². The lowest BCUT2D eigenvalue weighted by molar-refractivity contribution is -0.134. The van der Waals surface area contributed by atoms with Crippen molar-refractivity contribution in [3.05, 3.63) is 84.5 Å². The van der Waals surface area contributed by atoms with Crippen molar-refractivity contribution in [3.63, 3.8) is 0 Å². The second kappa shape index (κ2) is 11.2. The summed E-state index contributed by atoms with van der Waals surface area (Å²) in [5, 5.41) is 0. The third-order valence-corrected chi connectivity index (χ3v) is 6.90. The molecule has 7 nitrogen and oxygen atoms in total. The van der Waals surface area contributed by atoms with Gasteiger partial charge in [-0.05, 0) is 43.0 Å². The van der Waals surface area contributed by atoms with Gasteiger partial charge in [0.25, 0.3) is 11.8 Å². The molecule has 0 spiro atoms. The molecule has 4 rings (SSSR count). The fraction of sp³-hybridized carbons (Fsp3) is 0.345. The molecule has 0 unspecified atom stereocenters. The molecule has 1 fully saturated rings. The van der Waals surface area contributed by atoms with Crippen LogP contribution in [0.3, 0.4) is 0 Å². The minimum absolute atomic E-state index is 0.0629. The number of amides is 3. The summed E-state index contributed by atoms with van der Waals surface area (Å²) in [6.07, 6.45) is 5.56. The smallest absolute Gasteiger partial charge is 0.263 e. The number of hydrogen-bond acceptors (Lipinski definition) is 5. The Hall–Kier alpha value is -3.87. The Kier molecular flexibility index (Phi) is 7.88. The Morgan fingerprint density at radius 3 is 2.56 bits per heavy atom. The van der Waals surface area contributed by atoms with Crippen LogP contribution in [0.15, 0.2) is 67.8 Å². The van der Waals surface area contributed by atoms with Gasteiger partial charge in [0.2, 0.25) is 5.91 Å². The summed E-state index contributed by atoms with van der Waals surface area (Å²) in [6, 6.07) is 13.0. The van der Waals surface area contributed by atoms with Gasteiger partial charge in [-0.1, -0.05) is 36.4 Å². The Balaban J connectivity index is 1.53. The first-order chi connectivity index (χ1) is 17.5. The van der Waals surface area contributed by atoms with Crippen molar-refractivity contribution >= 4 is 23.4 Å². The number of anilines is 1. The van der Waals surface area contributed by atoms with Gasteiger partial charge in [-0.3, -0.25) is 19.3 Å². The van der Waals surface area contributed by atoms with E-state index in [1.54, 1.807) is 30.2 Å². The number of ether oxygens (including phenoxy) is 1. The average Bonchev–Trinajstić information content (AvgIpc) is 3.16. The van der Waals surface area contributed by atoms with E-state index in [4.69, 9.17) is 4.74 Å². The molecule has 7 heteroatoms. The highest BCUT2D eigenvalue weighted by atomic mass is 16.5. The zero-order valence-corrected chi connectivity index (χ0v) is 20.8. The molecule has 0 aromatic heterocycles. The van der Waals surface area contributed by atoms with Crippen molar-refractivity contribution in [1.82, 2.24) is 9.80 Å². The highest BCUT2D eigenvalue weighted by Crippen LogP contribution is 2.34. The number of imide groups is 1. The highest BCUT2D eigenvalue weighted by molar-refractivity contribution is 6.23. The molecule has 0 radical (unpaired) electrons. The maximum Gasteiger partial charge on any atom is 0.263 e. The maximum absolute atomic E-state index is 13.5. The summed E-state index contributed by atoms with van der Waals surface area (Å²) in [7, 11) is 1.61. The van der Waals surface area contributed by atoms with Crippen LogP contribution < -0.4 is 9.64 Å². The Morgan fingerprint density at radius 1 is 1.08 bits per heavy atom. The SMILES string of the molecule is C=CCN(CC=C)C(=O)[C@@H]1CCCN(c2cccc3c2C(=O)N(CCc2ccccc2OC)C3=O)C1. The van der Waals surface area contributed by atoms with E-state index in [1.807, 2.05) is 36.4 Å². The molecule has 2 aromatic rings. The third-order valence-electron chi connectivity index (χ3n) is 6.90. The molecule has 0 N–H and O–H groups in total. The third kappa shape index (κ3) is 4.91. The van der Waals surface area contributed by atoms with E-state index >= 15 is 0 Å². The summed E-state index contributed by atoms with van der Waals surface area (Å²) in [6.45, 7) is 9.95. The molecule has 0 aliphatic carbocycles. The van der Waals surface area contributed by atoms with Crippen molar-refractivity contribution in [1.29, 1.82) is 0 Å². The van der Waals surface area contributed by atoms with E-state index in [0.717, 1.165) is 36.4 Å². The molecule has 2 aliphatic heterocycles. The molecule has 2 aliphatic rings. The highest BCUT2D eigenvalue weighted by Gasteiger charge is 2.39. The van der Waals surface area contributed by atoms with Crippen LogP contribution in [0.4, 0.5) is 5.69 Å². The molecule has 0 bridgehead atoms.